The second-order valence-corrected chi connectivity index (χ2v) is 5.39. The standard InChI is InChI=1S/C16H12O2S/c1-11-6-2-5-9-14(11)19-15-10-12-7-3-4-8-13(12)18-16(15)17/h2-10H,1H3. The molecule has 3 aromatic rings. The molecule has 2 aromatic carbocycles. The van der Waals surface area contributed by atoms with Crippen LogP contribution in [0.5, 0.6) is 0 Å². The Bertz CT molecular complexity index is 790. The van der Waals surface area contributed by atoms with Crippen LogP contribution >= 0.6 is 11.8 Å². The normalized spacial score (nSPS) is 10.8. The van der Waals surface area contributed by atoms with Crippen LogP contribution in [-0.4, -0.2) is 0 Å². The second kappa shape index (κ2) is 4.94. The van der Waals surface area contributed by atoms with E-state index in [4.69, 9.17) is 4.42 Å². The van der Waals surface area contributed by atoms with E-state index < -0.39 is 0 Å². The number of para-hydroxylation sites is 1. The van der Waals surface area contributed by atoms with E-state index in [1.54, 1.807) is 6.07 Å². The summed E-state index contributed by atoms with van der Waals surface area (Å²) < 4.78 is 5.33. The van der Waals surface area contributed by atoms with Crippen LogP contribution in [0, 0.1) is 6.92 Å². The van der Waals surface area contributed by atoms with Gasteiger partial charge < -0.3 is 4.42 Å². The van der Waals surface area contributed by atoms with E-state index in [9.17, 15) is 4.79 Å². The molecule has 0 spiro atoms. The Labute approximate surface area is 115 Å². The van der Waals surface area contributed by atoms with E-state index in [0.717, 1.165) is 15.8 Å². The van der Waals surface area contributed by atoms with Crippen LogP contribution in [0.15, 0.2) is 73.6 Å². The van der Waals surface area contributed by atoms with Gasteiger partial charge in [0.1, 0.15) is 5.58 Å². The lowest BCUT2D eigenvalue weighted by Gasteiger charge is -2.04. The molecule has 94 valence electrons. The molecule has 0 amide bonds. The van der Waals surface area contributed by atoms with Crippen molar-refractivity contribution in [3.8, 4) is 0 Å². The first-order chi connectivity index (χ1) is 9.24. The minimum absolute atomic E-state index is 0.285. The van der Waals surface area contributed by atoms with Crippen molar-refractivity contribution in [1.29, 1.82) is 0 Å². The minimum Gasteiger partial charge on any atom is -0.422 e. The lowest BCUT2D eigenvalue weighted by atomic mass is 10.2. The van der Waals surface area contributed by atoms with Gasteiger partial charge in [-0.2, -0.15) is 0 Å². The zero-order valence-electron chi connectivity index (χ0n) is 10.4. The average molecular weight is 268 g/mol. The topological polar surface area (TPSA) is 30.2 Å². The highest BCUT2D eigenvalue weighted by atomic mass is 32.2. The Kier molecular flexibility index (Phi) is 3.13. The van der Waals surface area contributed by atoms with Gasteiger partial charge in [-0.25, -0.2) is 4.79 Å². The highest BCUT2D eigenvalue weighted by Gasteiger charge is 2.08. The number of hydrogen-bond acceptors (Lipinski definition) is 3. The molecule has 0 aliphatic rings. The fourth-order valence-electron chi connectivity index (χ4n) is 1.90. The molecule has 0 bridgehead atoms. The number of aryl methyl sites for hydroxylation is 1. The van der Waals surface area contributed by atoms with Gasteiger partial charge in [-0.15, -0.1) is 0 Å². The molecule has 0 aliphatic carbocycles. The first-order valence-electron chi connectivity index (χ1n) is 6.00. The van der Waals surface area contributed by atoms with Crippen molar-refractivity contribution in [1.82, 2.24) is 0 Å². The fourth-order valence-corrected chi connectivity index (χ4v) is 2.83. The van der Waals surface area contributed by atoms with Gasteiger partial charge in [0.25, 0.3) is 0 Å². The lowest BCUT2D eigenvalue weighted by Crippen LogP contribution is -2.01. The van der Waals surface area contributed by atoms with Crippen LogP contribution in [0.25, 0.3) is 11.0 Å². The summed E-state index contributed by atoms with van der Waals surface area (Å²) in [5.41, 5.74) is 1.49. The maximum atomic E-state index is 12.0. The predicted octanol–water partition coefficient (Wildman–Crippen LogP) is 4.25. The average Bonchev–Trinajstić information content (AvgIpc) is 2.42. The highest BCUT2D eigenvalue weighted by Crippen LogP contribution is 2.29. The fraction of sp³-hybridized carbons (Fsp3) is 0.0625. The third-order valence-electron chi connectivity index (χ3n) is 2.92. The molecule has 2 nitrogen and oxygen atoms in total. The van der Waals surface area contributed by atoms with Crippen LogP contribution in [0.1, 0.15) is 5.56 Å². The van der Waals surface area contributed by atoms with Crippen molar-refractivity contribution < 1.29 is 4.42 Å². The Morgan fingerprint density at radius 2 is 1.68 bits per heavy atom. The van der Waals surface area contributed by atoms with Crippen molar-refractivity contribution in [2.45, 2.75) is 16.7 Å². The van der Waals surface area contributed by atoms with E-state index in [1.807, 2.05) is 55.5 Å². The van der Waals surface area contributed by atoms with Crippen LogP contribution in [-0.2, 0) is 0 Å². The van der Waals surface area contributed by atoms with E-state index in [1.165, 1.54) is 11.8 Å². The van der Waals surface area contributed by atoms with Crippen molar-refractivity contribution in [3.63, 3.8) is 0 Å². The van der Waals surface area contributed by atoms with Crippen molar-refractivity contribution in [2.24, 2.45) is 0 Å². The molecule has 0 radical (unpaired) electrons. The Balaban J connectivity index is 2.08. The monoisotopic (exact) mass is 268 g/mol. The summed E-state index contributed by atoms with van der Waals surface area (Å²) in [5.74, 6) is 0. The summed E-state index contributed by atoms with van der Waals surface area (Å²) >= 11 is 1.45. The van der Waals surface area contributed by atoms with Gasteiger partial charge in [0.2, 0.25) is 0 Å². The van der Waals surface area contributed by atoms with Gasteiger partial charge in [0, 0.05) is 10.3 Å². The molecule has 0 aliphatic heterocycles. The Morgan fingerprint density at radius 1 is 0.947 bits per heavy atom. The molecule has 0 N–H and O–H groups in total. The summed E-state index contributed by atoms with van der Waals surface area (Å²) in [5, 5.41) is 0.943. The van der Waals surface area contributed by atoms with Gasteiger partial charge >= 0.3 is 5.63 Å². The summed E-state index contributed by atoms with van der Waals surface area (Å²) in [6.45, 7) is 2.03. The maximum Gasteiger partial charge on any atom is 0.350 e. The van der Waals surface area contributed by atoms with Crippen LogP contribution in [0.2, 0.25) is 0 Å². The third-order valence-corrected chi connectivity index (χ3v) is 4.11. The summed E-state index contributed by atoms with van der Waals surface area (Å²) in [7, 11) is 0. The molecule has 0 saturated carbocycles. The van der Waals surface area contributed by atoms with Gasteiger partial charge in [0.15, 0.2) is 0 Å². The zero-order chi connectivity index (χ0) is 13.2. The van der Waals surface area contributed by atoms with Gasteiger partial charge in [-0.3, -0.25) is 0 Å². The molecular weight excluding hydrogens is 256 g/mol. The highest BCUT2D eigenvalue weighted by molar-refractivity contribution is 7.99. The first kappa shape index (κ1) is 12.1. The number of fused-ring (bicyclic) bond motifs is 1. The SMILES string of the molecule is Cc1ccccc1Sc1cc2ccccc2oc1=O. The summed E-state index contributed by atoms with van der Waals surface area (Å²) in [6, 6.07) is 17.4. The van der Waals surface area contributed by atoms with Crippen molar-refractivity contribution in [3.05, 3.63) is 70.6 Å². The zero-order valence-corrected chi connectivity index (χ0v) is 11.2. The molecule has 1 heterocycles. The van der Waals surface area contributed by atoms with E-state index in [-0.39, 0.29) is 5.63 Å². The van der Waals surface area contributed by atoms with Crippen LogP contribution in [0.3, 0.4) is 0 Å². The van der Waals surface area contributed by atoms with E-state index in [0.29, 0.717) is 10.5 Å². The second-order valence-electron chi connectivity index (χ2n) is 4.30. The number of hydrogen-bond donors (Lipinski definition) is 0. The largest absolute Gasteiger partial charge is 0.422 e. The molecule has 0 saturated heterocycles. The van der Waals surface area contributed by atoms with Crippen LogP contribution in [0.4, 0.5) is 0 Å². The van der Waals surface area contributed by atoms with Crippen molar-refractivity contribution >= 4 is 22.7 Å². The molecule has 1 aromatic heterocycles. The Morgan fingerprint density at radius 3 is 2.53 bits per heavy atom. The summed E-state index contributed by atoms with van der Waals surface area (Å²) in [4.78, 5) is 13.7. The molecular formula is C16H12O2S. The van der Waals surface area contributed by atoms with Gasteiger partial charge in [0.05, 0.1) is 4.90 Å². The molecule has 19 heavy (non-hydrogen) atoms. The molecule has 3 heteroatoms. The third kappa shape index (κ3) is 2.42. The molecule has 0 atom stereocenters. The quantitative estimate of drug-likeness (QED) is 0.651. The summed E-state index contributed by atoms with van der Waals surface area (Å²) in [6.07, 6.45) is 0. The lowest BCUT2D eigenvalue weighted by molar-refractivity contribution is 0.544. The smallest absolute Gasteiger partial charge is 0.350 e. The van der Waals surface area contributed by atoms with Gasteiger partial charge in [-0.1, -0.05) is 48.2 Å². The minimum atomic E-state index is -0.285. The van der Waals surface area contributed by atoms with Gasteiger partial charge in [-0.05, 0) is 30.7 Å². The molecule has 3 rings (SSSR count). The first-order valence-corrected chi connectivity index (χ1v) is 6.82. The van der Waals surface area contributed by atoms with Crippen LogP contribution < -0.4 is 5.63 Å². The van der Waals surface area contributed by atoms with Crippen molar-refractivity contribution in [2.75, 3.05) is 0 Å². The van der Waals surface area contributed by atoms with E-state index >= 15 is 0 Å². The Hall–Kier alpha value is -2.00. The molecule has 0 unspecified atom stereocenters. The number of benzene rings is 2. The number of rotatable bonds is 2. The molecule has 0 fully saturated rings. The van der Waals surface area contributed by atoms with E-state index in [2.05, 4.69) is 0 Å². The predicted molar refractivity (Wildman–Crippen MR) is 77.8 cm³/mol. The maximum absolute atomic E-state index is 12.0.